The number of aromatic nitrogens is 1. The maximum absolute atomic E-state index is 6.20. The maximum Gasteiger partial charge on any atom is 0.127 e. The molecule has 0 radical (unpaired) electrons. The summed E-state index contributed by atoms with van der Waals surface area (Å²) in [6.07, 6.45) is 4.34. The van der Waals surface area contributed by atoms with Gasteiger partial charge in [-0.15, -0.1) is 0 Å². The number of benzene rings is 1. The number of nitrogens with two attached hydrogens (primary N) is 1. The van der Waals surface area contributed by atoms with Crippen molar-refractivity contribution in [3.63, 3.8) is 0 Å². The van der Waals surface area contributed by atoms with E-state index in [1.807, 2.05) is 36.5 Å². The highest BCUT2D eigenvalue weighted by molar-refractivity contribution is 9.10. The molecular weight excluding hydrogens is 292 g/mol. The molecule has 2 atom stereocenters. The van der Waals surface area contributed by atoms with Gasteiger partial charge in [-0.25, -0.2) is 0 Å². The van der Waals surface area contributed by atoms with E-state index in [-0.39, 0.29) is 12.1 Å². The van der Waals surface area contributed by atoms with Crippen LogP contribution in [0.15, 0.2) is 47.2 Å². The van der Waals surface area contributed by atoms with E-state index >= 15 is 0 Å². The summed E-state index contributed by atoms with van der Waals surface area (Å²) in [7, 11) is 0. The second-order valence-corrected chi connectivity index (χ2v) is 5.34. The molecule has 1 aromatic heterocycles. The van der Waals surface area contributed by atoms with E-state index in [4.69, 9.17) is 10.5 Å². The maximum atomic E-state index is 6.20. The standard InChI is InChI=1S/C14H13BrN2O/c15-10-5-9(7-17-8-10)14-6-12(16)11-3-1-2-4-13(11)18-14/h1-5,7-8,12,14H,6,16H2/t12-,14?/m0/s1. The van der Waals surface area contributed by atoms with Crippen LogP contribution in [0.4, 0.5) is 0 Å². The molecule has 0 bridgehead atoms. The molecule has 1 aromatic carbocycles. The van der Waals surface area contributed by atoms with Gasteiger partial charge in [-0.2, -0.15) is 0 Å². The smallest absolute Gasteiger partial charge is 0.127 e. The van der Waals surface area contributed by atoms with Crippen LogP contribution in [0.25, 0.3) is 0 Å². The Hall–Kier alpha value is -1.39. The third-order valence-electron chi connectivity index (χ3n) is 3.15. The third-order valence-corrected chi connectivity index (χ3v) is 3.59. The third kappa shape index (κ3) is 2.13. The molecule has 3 rings (SSSR count). The van der Waals surface area contributed by atoms with E-state index in [1.54, 1.807) is 6.20 Å². The summed E-state index contributed by atoms with van der Waals surface area (Å²) in [6, 6.07) is 9.98. The SMILES string of the molecule is N[C@H]1CC(c2cncc(Br)c2)Oc2ccccc21. The van der Waals surface area contributed by atoms with Crippen molar-refractivity contribution in [2.45, 2.75) is 18.6 Å². The van der Waals surface area contributed by atoms with E-state index in [1.165, 1.54) is 0 Å². The number of pyridine rings is 1. The predicted octanol–water partition coefficient (Wildman–Crippen LogP) is 3.37. The van der Waals surface area contributed by atoms with Crippen LogP contribution in [0.1, 0.15) is 29.7 Å². The minimum absolute atomic E-state index is 0.0129. The average molecular weight is 305 g/mol. The topological polar surface area (TPSA) is 48.1 Å². The fourth-order valence-electron chi connectivity index (χ4n) is 2.26. The summed E-state index contributed by atoms with van der Waals surface area (Å²) in [4.78, 5) is 4.17. The lowest BCUT2D eigenvalue weighted by molar-refractivity contribution is 0.161. The number of para-hydroxylation sites is 1. The Morgan fingerprint density at radius 1 is 1.28 bits per heavy atom. The lowest BCUT2D eigenvalue weighted by Gasteiger charge is -2.30. The second kappa shape index (κ2) is 4.71. The first-order valence-electron chi connectivity index (χ1n) is 5.85. The molecule has 1 unspecified atom stereocenters. The molecule has 1 aliphatic heterocycles. The Morgan fingerprint density at radius 2 is 2.11 bits per heavy atom. The van der Waals surface area contributed by atoms with Crippen molar-refractivity contribution < 1.29 is 4.74 Å². The van der Waals surface area contributed by atoms with Crippen LogP contribution < -0.4 is 10.5 Å². The van der Waals surface area contributed by atoms with Crippen molar-refractivity contribution in [2.24, 2.45) is 5.73 Å². The van der Waals surface area contributed by atoms with Gasteiger partial charge in [-0.05, 0) is 28.1 Å². The van der Waals surface area contributed by atoms with Gasteiger partial charge in [0, 0.05) is 40.5 Å². The lowest BCUT2D eigenvalue weighted by Crippen LogP contribution is -2.24. The van der Waals surface area contributed by atoms with Gasteiger partial charge in [0.1, 0.15) is 11.9 Å². The van der Waals surface area contributed by atoms with Crippen LogP contribution in [0.2, 0.25) is 0 Å². The molecule has 2 aromatic rings. The number of nitrogens with zero attached hydrogens (tertiary/aromatic N) is 1. The van der Waals surface area contributed by atoms with Crippen LogP contribution in [-0.4, -0.2) is 4.98 Å². The van der Waals surface area contributed by atoms with Crippen LogP contribution in [0.5, 0.6) is 5.75 Å². The summed E-state index contributed by atoms with van der Waals surface area (Å²) in [5.41, 5.74) is 8.33. The molecule has 0 spiro atoms. The van der Waals surface area contributed by atoms with Gasteiger partial charge in [-0.1, -0.05) is 18.2 Å². The molecule has 2 heterocycles. The molecule has 18 heavy (non-hydrogen) atoms. The highest BCUT2D eigenvalue weighted by Crippen LogP contribution is 2.39. The van der Waals surface area contributed by atoms with E-state index in [0.717, 1.165) is 27.8 Å². The molecule has 0 fully saturated rings. The van der Waals surface area contributed by atoms with Gasteiger partial charge < -0.3 is 10.5 Å². The first-order chi connectivity index (χ1) is 8.74. The number of ether oxygens (including phenoxy) is 1. The molecule has 0 aliphatic carbocycles. The van der Waals surface area contributed by atoms with Gasteiger partial charge in [0.15, 0.2) is 0 Å². The second-order valence-electron chi connectivity index (χ2n) is 4.42. The number of hydrogen-bond acceptors (Lipinski definition) is 3. The normalized spacial score (nSPS) is 22.1. The highest BCUT2D eigenvalue weighted by atomic mass is 79.9. The highest BCUT2D eigenvalue weighted by Gasteiger charge is 2.26. The zero-order valence-corrected chi connectivity index (χ0v) is 11.3. The summed E-state index contributed by atoms with van der Waals surface area (Å²) < 4.78 is 6.96. The van der Waals surface area contributed by atoms with Crippen LogP contribution >= 0.6 is 15.9 Å². The zero-order valence-electron chi connectivity index (χ0n) is 9.71. The molecule has 92 valence electrons. The van der Waals surface area contributed by atoms with Crippen molar-refractivity contribution in [3.05, 3.63) is 58.3 Å². The van der Waals surface area contributed by atoms with Crippen molar-refractivity contribution in [1.82, 2.24) is 4.98 Å². The van der Waals surface area contributed by atoms with Gasteiger partial charge in [-0.3, -0.25) is 4.98 Å². The van der Waals surface area contributed by atoms with E-state index in [0.29, 0.717) is 0 Å². The summed E-state index contributed by atoms with van der Waals surface area (Å²) in [5, 5.41) is 0. The Kier molecular flexibility index (Phi) is 3.06. The van der Waals surface area contributed by atoms with Gasteiger partial charge >= 0.3 is 0 Å². The Balaban J connectivity index is 1.94. The van der Waals surface area contributed by atoms with Crippen LogP contribution in [0.3, 0.4) is 0 Å². The van der Waals surface area contributed by atoms with Crippen molar-refractivity contribution in [3.8, 4) is 5.75 Å². The van der Waals surface area contributed by atoms with Crippen molar-refractivity contribution in [2.75, 3.05) is 0 Å². The molecular formula is C14H13BrN2O. The minimum atomic E-state index is -0.0279. The number of halogens is 1. The Labute approximate surface area is 114 Å². The summed E-state index contributed by atoms with van der Waals surface area (Å²) >= 11 is 3.43. The summed E-state index contributed by atoms with van der Waals surface area (Å²) in [6.45, 7) is 0. The molecule has 0 saturated carbocycles. The van der Waals surface area contributed by atoms with Crippen LogP contribution in [0, 0.1) is 0 Å². The predicted molar refractivity (Wildman–Crippen MR) is 73.3 cm³/mol. The monoisotopic (exact) mass is 304 g/mol. The Morgan fingerprint density at radius 3 is 2.94 bits per heavy atom. The van der Waals surface area contributed by atoms with Gasteiger partial charge in [0.25, 0.3) is 0 Å². The summed E-state index contributed by atoms with van der Waals surface area (Å²) in [5.74, 6) is 0.876. The minimum Gasteiger partial charge on any atom is -0.485 e. The molecule has 0 amide bonds. The van der Waals surface area contributed by atoms with Crippen molar-refractivity contribution in [1.29, 1.82) is 0 Å². The molecule has 1 aliphatic rings. The first kappa shape index (κ1) is 11.7. The number of fused-ring (bicyclic) bond motifs is 1. The van der Waals surface area contributed by atoms with E-state index < -0.39 is 0 Å². The van der Waals surface area contributed by atoms with Gasteiger partial charge in [0.2, 0.25) is 0 Å². The molecule has 4 heteroatoms. The molecule has 0 saturated heterocycles. The van der Waals surface area contributed by atoms with E-state index in [9.17, 15) is 0 Å². The zero-order chi connectivity index (χ0) is 12.5. The number of hydrogen-bond donors (Lipinski definition) is 1. The fourth-order valence-corrected chi connectivity index (χ4v) is 2.64. The largest absolute Gasteiger partial charge is 0.485 e. The fraction of sp³-hybridized carbons (Fsp3) is 0.214. The number of rotatable bonds is 1. The quantitative estimate of drug-likeness (QED) is 0.879. The van der Waals surface area contributed by atoms with Crippen LogP contribution in [-0.2, 0) is 0 Å². The van der Waals surface area contributed by atoms with Crippen molar-refractivity contribution >= 4 is 15.9 Å². The Bertz CT molecular complexity index is 573. The van der Waals surface area contributed by atoms with Gasteiger partial charge in [0.05, 0.1) is 0 Å². The van der Waals surface area contributed by atoms with E-state index in [2.05, 4.69) is 20.9 Å². The molecule has 3 nitrogen and oxygen atoms in total. The lowest BCUT2D eigenvalue weighted by atomic mass is 9.94. The molecule has 2 N–H and O–H groups in total. The first-order valence-corrected chi connectivity index (χ1v) is 6.65. The average Bonchev–Trinajstić information content (AvgIpc) is 2.39.